The van der Waals surface area contributed by atoms with Crippen molar-refractivity contribution in [1.82, 2.24) is 9.88 Å². The number of likely N-dealkylation sites (tertiary alicyclic amines) is 1. The van der Waals surface area contributed by atoms with Gasteiger partial charge in [-0.05, 0) is 56.6 Å². The lowest BCUT2D eigenvalue weighted by Gasteiger charge is -2.41. The van der Waals surface area contributed by atoms with Crippen molar-refractivity contribution in [2.24, 2.45) is 11.3 Å². The van der Waals surface area contributed by atoms with Crippen LogP contribution in [0.2, 0.25) is 0 Å². The molecule has 26 heavy (non-hydrogen) atoms. The first-order chi connectivity index (χ1) is 12.6. The van der Waals surface area contributed by atoms with Gasteiger partial charge in [-0.25, -0.2) is 0 Å². The van der Waals surface area contributed by atoms with Crippen LogP contribution in [-0.2, 0) is 20.9 Å². The molecule has 5 heteroatoms. The molecule has 1 spiro atoms. The molecule has 0 aromatic carbocycles. The van der Waals surface area contributed by atoms with Crippen molar-refractivity contribution >= 4 is 5.91 Å². The average molecular weight is 358 g/mol. The molecule has 0 radical (unpaired) electrons. The molecule has 3 aliphatic rings. The van der Waals surface area contributed by atoms with E-state index in [2.05, 4.69) is 9.88 Å². The Morgan fingerprint density at radius 2 is 2.15 bits per heavy atom. The van der Waals surface area contributed by atoms with Crippen molar-refractivity contribution in [2.45, 2.75) is 58.2 Å². The maximum atomic E-state index is 12.4. The number of carbonyl (C=O) groups is 1. The molecule has 5 nitrogen and oxygen atoms in total. The van der Waals surface area contributed by atoms with Crippen LogP contribution in [0.25, 0.3) is 0 Å². The van der Waals surface area contributed by atoms with E-state index >= 15 is 0 Å². The molecule has 3 fully saturated rings. The van der Waals surface area contributed by atoms with Gasteiger partial charge in [0.25, 0.3) is 0 Å². The Balaban J connectivity index is 1.20. The van der Waals surface area contributed by atoms with Crippen molar-refractivity contribution in [2.75, 3.05) is 26.3 Å². The summed E-state index contributed by atoms with van der Waals surface area (Å²) in [5, 5.41) is 0. The van der Waals surface area contributed by atoms with Gasteiger partial charge in [0, 0.05) is 24.7 Å². The number of hydrogen-bond donors (Lipinski definition) is 0. The zero-order valence-corrected chi connectivity index (χ0v) is 15.8. The first kappa shape index (κ1) is 17.9. The minimum absolute atomic E-state index is 0.175. The third-order valence-corrected chi connectivity index (χ3v) is 6.38. The van der Waals surface area contributed by atoms with E-state index in [0.29, 0.717) is 25.0 Å². The van der Waals surface area contributed by atoms with Crippen LogP contribution in [-0.4, -0.2) is 48.2 Å². The molecule has 1 atom stereocenters. The maximum Gasteiger partial charge on any atom is 0.225 e. The van der Waals surface area contributed by atoms with E-state index < -0.39 is 0 Å². The van der Waals surface area contributed by atoms with Crippen molar-refractivity contribution in [3.63, 3.8) is 0 Å². The van der Waals surface area contributed by atoms with E-state index in [-0.39, 0.29) is 11.5 Å². The zero-order chi connectivity index (χ0) is 18.0. The molecule has 2 saturated heterocycles. The second-order valence-corrected chi connectivity index (χ2v) is 8.38. The Kier molecular flexibility index (Phi) is 5.28. The Hall–Kier alpha value is -1.46. The van der Waals surface area contributed by atoms with E-state index in [9.17, 15) is 4.79 Å². The lowest BCUT2D eigenvalue weighted by molar-refractivity contribution is -0.140. The first-order valence-electron chi connectivity index (χ1n) is 10.0. The summed E-state index contributed by atoms with van der Waals surface area (Å²) in [5.41, 5.74) is 2.25. The molecule has 4 rings (SSSR count). The molecule has 1 aromatic rings. The predicted octanol–water partition coefficient (Wildman–Crippen LogP) is 3.10. The van der Waals surface area contributed by atoms with Gasteiger partial charge in [0.05, 0.1) is 31.6 Å². The minimum atomic E-state index is 0.175. The van der Waals surface area contributed by atoms with Gasteiger partial charge >= 0.3 is 0 Å². The van der Waals surface area contributed by atoms with Gasteiger partial charge in [-0.2, -0.15) is 0 Å². The van der Waals surface area contributed by atoms with Gasteiger partial charge in [-0.3, -0.25) is 9.78 Å². The molecule has 2 aliphatic heterocycles. The Morgan fingerprint density at radius 3 is 2.85 bits per heavy atom. The van der Waals surface area contributed by atoms with Crippen molar-refractivity contribution in [3.05, 3.63) is 29.6 Å². The van der Waals surface area contributed by atoms with Crippen LogP contribution in [0.3, 0.4) is 0 Å². The molecular formula is C21H30N2O3. The molecule has 0 N–H and O–H groups in total. The number of hydrogen-bond acceptors (Lipinski definition) is 4. The standard InChI is InChI=1S/C21H30N2O3/c1-16-4-2-7-18(22-16)13-25-14-19-12-21(15-26-19)8-10-23(11-9-21)20(24)17-5-3-6-17/h2,4,7,17,19H,3,5-6,8-15H2,1H3. The largest absolute Gasteiger partial charge is 0.375 e. The summed E-state index contributed by atoms with van der Waals surface area (Å²) in [7, 11) is 0. The number of piperidine rings is 1. The van der Waals surface area contributed by atoms with Crippen LogP contribution in [0.1, 0.15) is 49.9 Å². The molecule has 1 amide bonds. The van der Waals surface area contributed by atoms with Crippen LogP contribution >= 0.6 is 0 Å². The topological polar surface area (TPSA) is 51.7 Å². The van der Waals surface area contributed by atoms with Crippen LogP contribution in [0, 0.1) is 18.3 Å². The summed E-state index contributed by atoms with van der Waals surface area (Å²) in [5.74, 6) is 0.718. The van der Waals surface area contributed by atoms with Gasteiger partial charge in [-0.1, -0.05) is 12.5 Å². The quantitative estimate of drug-likeness (QED) is 0.812. The van der Waals surface area contributed by atoms with E-state index in [1.54, 1.807) is 0 Å². The normalized spacial score (nSPS) is 25.4. The number of amides is 1. The SMILES string of the molecule is Cc1cccc(COCC2CC3(CCN(C(=O)C4CCC4)CC3)CO2)n1. The second-order valence-electron chi connectivity index (χ2n) is 8.38. The lowest BCUT2D eigenvalue weighted by Crippen LogP contribution is -2.46. The lowest BCUT2D eigenvalue weighted by atomic mass is 9.76. The zero-order valence-electron chi connectivity index (χ0n) is 15.8. The fraction of sp³-hybridized carbons (Fsp3) is 0.714. The summed E-state index contributed by atoms with van der Waals surface area (Å²) < 4.78 is 11.9. The van der Waals surface area contributed by atoms with Gasteiger partial charge < -0.3 is 14.4 Å². The van der Waals surface area contributed by atoms with Gasteiger partial charge in [0.2, 0.25) is 5.91 Å². The number of carbonyl (C=O) groups excluding carboxylic acids is 1. The fourth-order valence-electron chi connectivity index (χ4n) is 4.44. The third-order valence-electron chi connectivity index (χ3n) is 6.38. The van der Waals surface area contributed by atoms with E-state index in [1.165, 1.54) is 6.42 Å². The highest BCUT2D eigenvalue weighted by molar-refractivity contribution is 5.79. The summed E-state index contributed by atoms with van der Waals surface area (Å²) >= 11 is 0. The molecule has 3 heterocycles. The van der Waals surface area contributed by atoms with Crippen LogP contribution in [0.4, 0.5) is 0 Å². The summed E-state index contributed by atoms with van der Waals surface area (Å²) in [6.07, 6.45) is 6.79. The fourth-order valence-corrected chi connectivity index (χ4v) is 4.44. The van der Waals surface area contributed by atoms with E-state index in [1.807, 2.05) is 25.1 Å². The first-order valence-corrected chi connectivity index (χ1v) is 10.0. The monoisotopic (exact) mass is 358 g/mol. The number of ether oxygens (including phenoxy) is 2. The highest BCUT2D eigenvalue weighted by Gasteiger charge is 2.44. The molecule has 1 aromatic heterocycles. The summed E-state index contributed by atoms with van der Waals surface area (Å²) in [4.78, 5) is 19.0. The molecule has 0 bridgehead atoms. The van der Waals surface area contributed by atoms with E-state index in [0.717, 1.165) is 63.2 Å². The predicted molar refractivity (Wildman–Crippen MR) is 98.6 cm³/mol. The Bertz CT molecular complexity index is 636. The Labute approximate surface area is 156 Å². The molecule has 142 valence electrons. The van der Waals surface area contributed by atoms with Crippen molar-refractivity contribution in [1.29, 1.82) is 0 Å². The highest BCUT2D eigenvalue weighted by atomic mass is 16.5. The third kappa shape index (κ3) is 3.94. The average Bonchev–Trinajstić information content (AvgIpc) is 2.97. The number of aromatic nitrogens is 1. The minimum Gasteiger partial charge on any atom is -0.375 e. The summed E-state index contributed by atoms with van der Waals surface area (Å²) in [6, 6.07) is 6.01. The summed E-state index contributed by atoms with van der Waals surface area (Å²) in [6.45, 7) is 5.78. The smallest absolute Gasteiger partial charge is 0.225 e. The molecular weight excluding hydrogens is 328 g/mol. The van der Waals surface area contributed by atoms with Crippen molar-refractivity contribution in [3.8, 4) is 0 Å². The molecule has 1 unspecified atom stereocenters. The van der Waals surface area contributed by atoms with Gasteiger partial charge in [-0.15, -0.1) is 0 Å². The second kappa shape index (κ2) is 7.65. The van der Waals surface area contributed by atoms with Crippen LogP contribution in [0.5, 0.6) is 0 Å². The van der Waals surface area contributed by atoms with Crippen LogP contribution < -0.4 is 0 Å². The molecule has 1 aliphatic carbocycles. The maximum absolute atomic E-state index is 12.4. The number of aryl methyl sites for hydroxylation is 1. The Morgan fingerprint density at radius 1 is 1.35 bits per heavy atom. The highest BCUT2D eigenvalue weighted by Crippen LogP contribution is 2.42. The molecule has 1 saturated carbocycles. The number of rotatable bonds is 5. The van der Waals surface area contributed by atoms with Crippen molar-refractivity contribution < 1.29 is 14.3 Å². The van der Waals surface area contributed by atoms with Gasteiger partial charge in [0.1, 0.15) is 0 Å². The number of nitrogens with zero attached hydrogens (tertiary/aromatic N) is 2. The van der Waals surface area contributed by atoms with E-state index in [4.69, 9.17) is 9.47 Å². The van der Waals surface area contributed by atoms with Gasteiger partial charge in [0.15, 0.2) is 0 Å². The number of pyridine rings is 1. The van der Waals surface area contributed by atoms with Crippen LogP contribution in [0.15, 0.2) is 18.2 Å².